The Balaban J connectivity index is 1.62. The van der Waals surface area contributed by atoms with Crippen LogP contribution in [0.2, 0.25) is 0 Å². The molecule has 1 aromatic carbocycles. The van der Waals surface area contributed by atoms with E-state index >= 15 is 0 Å². The minimum absolute atomic E-state index is 0.0748. The Hall–Kier alpha value is -2.23. The lowest BCUT2D eigenvalue weighted by atomic mass is 9.89. The van der Waals surface area contributed by atoms with E-state index in [1.165, 1.54) is 28.3 Å². The van der Waals surface area contributed by atoms with E-state index in [0.29, 0.717) is 16.5 Å². The molecule has 0 bridgehead atoms. The summed E-state index contributed by atoms with van der Waals surface area (Å²) in [6.07, 6.45) is 2.97. The van der Waals surface area contributed by atoms with Crippen LogP contribution in [0, 0.1) is 23.1 Å². The number of nitrogens with zero attached hydrogens (tertiary/aromatic N) is 1. The van der Waals surface area contributed by atoms with Gasteiger partial charge < -0.3 is 10.6 Å². The van der Waals surface area contributed by atoms with Crippen LogP contribution in [-0.4, -0.2) is 12.5 Å². The Bertz CT molecular complexity index is 838. The molecule has 0 aliphatic heterocycles. The molecule has 6 heteroatoms. The number of halogens is 1. The third-order valence-electron chi connectivity index (χ3n) is 4.82. The lowest BCUT2D eigenvalue weighted by Gasteiger charge is -2.17. The first-order valence-electron chi connectivity index (χ1n) is 8.81. The molecule has 26 heavy (non-hydrogen) atoms. The second kappa shape index (κ2) is 7.98. The highest BCUT2D eigenvalue weighted by Crippen LogP contribution is 2.39. The van der Waals surface area contributed by atoms with Crippen molar-refractivity contribution in [3.63, 3.8) is 0 Å². The minimum atomic E-state index is -0.279. The van der Waals surface area contributed by atoms with Crippen molar-refractivity contribution in [1.29, 1.82) is 5.26 Å². The first-order chi connectivity index (χ1) is 12.5. The molecule has 0 saturated carbocycles. The Morgan fingerprint density at radius 3 is 2.85 bits per heavy atom. The van der Waals surface area contributed by atoms with Gasteiger partial charge in [0.05, 0.1) is 12.1 Å². The summed E-state index contributed by atoms with van der Waals surface area (Å²) in [5.74, 6) is 0.162. The molecule has 0 fully saturated rings. The Morgan fingerprint density at radius 2 is 2.15 bits per heavy atom. The SMILES string of the molecule is C[C@H]1CCc2c(sc(NC(=O)CN[C@@H](C)c3ccc(F)cc3)c2C#N)C1. The molecule has 1 aliphatic carbocycles. The highest BCUT2D eigenvalue weighted by molar-refractivity contribution is 7.16. The van der Waals surface area contributed by atoms with Gasteiger partial charge in [0.25, 0.3) is 0 Å². The van der Waals surface area contributed by atoms with E-state index < -0.39 is 0 Å². The fourth-order valence-electron chi connectivity index (χ4n) is 3.24. The fourth-order valence-corrected chi connectivity index (χ4v) is 4.62. The van der Waals surface area contributed by atoms with Crippen molar-refractivity contribution >= 4 is 22.2 Å². The predicted octanol–water partition coefficient (Wildman–Crippen LogP) is 4.17. The van der Waals surface area contributed by atoms with Gasteiger partial charge in [-0.3, -0.25) is 4.79 Å². The molecule has 0 radical (unpaired) electrons. The van der Waals surface area contributed by atoms with Crippen molar-refractivity contribution in [1.82, 2.24) is 5.32 Å². The van der Waals surface area contributed by atoms with Gasteiger partial charge in [-0.15, -0.1) is 11.3 Å². The molecule has 136 valence electrons. The number of nitrogens with one attached hydrogen (secondary N) is 2. The number of fused-ring (bicyclic) bond motifs is 1. The number of carbonyl (C=O) groups is 1. The largest absolute Gasteiger partial charge is 0.315 e. The monoisotopic (exact) mass is 371 g/mol. The van der Waals surface area contributed by atoms with Crippen LogP contribution in [0.15, 0.2) is 24.3 Å². The van der Waals surface area contributed by atoms with Gasteiger partial charge in [-0.05, 0) is 55.4 Å². The molecule has 1 heterocycles. The molecule has 2 N–H and O–H groups in total. The van der Waals surface area contributed by atoms with Gasteiger partial charge in [0.2, 0.25) is 5.91 Å². The Morgan fingerprint density at radius 1 is 1.42 bits per heavy atom. The van der Waals surface area contributed by atoms with Gasteiger partial charge in [-0.1, -0.05) is 19.1 Å². The molecule has 2 atom stereocenters. The lowest BCUT2D eigenvalue weighted by Crippen LogP contribution is -2.30. The van der Waals surface area contributed by atoms with Crippen molar-refractivity contribution < 1.29 is 9.18 Å². The van der Waals surface area contributed by atoms with Gasteiger partial charge in [0.15, 0.2) is 0 Å². The Kier molecular flexibility index (Phi) is 5.70. The van der Waals surface area contributed by atoms with E-state index in [1.807, 2.05) is 6.92 Å². The molecule has 1 aromatic heterocycles. The zero-order valence-corrected chi connectivity index (χ0v) is 15.8. The second-order valence-corrected chi connectivity index (χ2v) is 7.98. The summed E-state index contributed by atoms with van der Waals surface area (Å²) in [6, 6.07) is 8.40. The molecule has 1 aliphatic rings. The average molecular weight is 371 g/mol. The van der Waals surface area contributed by atoms with Gasteiger partial charge in [0, 0.05) is 10.9 Å². The summed E-state index contributed by atoms with van der Waals surface area (Å²) in [6.45, 7) is 4.27. The maximum Gasteiger partial charge on any atom is 0.238 e. The van der Waals surface area contributed by atoms with Crippen molar-refractivity contribution in [2.24, 2.45) is 5.92 Å². The van der Waals surface area contributed by atoms with Crippen LogP contribution in [0.4, 0.5) is 9.39 Å². The summed E-state index contributed by atoms with van der Waals surface area (Å²) < 4.78 is 13.0. The van der Waals surface area contributed by atoms with Crippen molar-refractivity contribution in [3.05, 3.63) is 51.7 Å². The molecular weight excluding hydrogens is 349 g/mol. The number of hydrogen-bond acceptors (Lipinski definition) is 4. The topological polar surface area (TPSA) is 64.9 Å². The maximum atomic E-state index is 13.0. The summed E-state index contributed by atoms with van der Waals surface area (Å²) in [5, 5.41) is 16.2. The average Bonchev–Trinajstić information content (AvgIpc) is 2.96. The van der Waals surface area contributed by atoms with Crippen LogP contribution in [-0.2, 0) is 17.6 Å². The van der Waals surface area contributed by atoms with E-state index in [2.05, 4.69) is 23.6 Å². The van der Waals surface area contributed by atoms with Crippen molar-refractivity contribution in [3.8, 4) is 6.07 Å². The van der Waals surface area contributed by atoms with Crippen LogP contribution >= 0.6 is 11.3 Å². The first kappa shape index (κ1) is 18.6. The van der Waals surface area contributed by atoms with Gasteiger partial charge in [-0.2, -0.15) is 5.26 Å². The molecule has 3 rings (SSSR count). The zero-order chi connectivity index (χ0) is 18.7. The molecule has 2 aromatic rings. The van der Waals surface area contributed by atoms with Crippen LogP contribution in [0.5, 0.6) is 0 Å². The Labute approximate surface area is 157 Å². The van der Waals surface area contributed by atoms with Gasteiger partial charge in [-0.25, -0.2) is 4.39 Å². The summed E-state index contributed by atoms with van der Waals surface area (Å²) in [4.78, 5) is 13.5. The molecule has 4 nitrogen and oxygen atoms in total. The number of carbonyl (C=O) groups excluding carboxylic acids is 1. The quantitative estimate of drug-likeness (QED) is 0.829. The standard InChI is InChI=1S/C20H22FN3OS/c1-12-3-8-16-17(10-22)20(26-18(16)9-12)24-19(25)11-23-13(2)14-4-6-15(21)7-5-14/h4-7,12-13,23H,3,8-9,11H2,1-2H3,(H,24,25)/t12-,13-/m0/s1. The van der Waals surface area contributed by atoms with E-state index in [-0.39, 0.29) is 24.3 Å². The number of nitriles is 1. The highest BCUT2D eigenvalue weighted by atomic mass is 32.1. The normalized spacial score (nSPS) is 17.2. The third-order valence-corrected chi connectivity index (χ3v) is 5.99. The summed E-state index contributed by atoms with van der Waals surface area (Å²) >= 11 is 1.53. The number of benzene rings is 1. The zero-order valence-electron chi connectivity index (χ0n) is 14.9. The lowest BCUT2D eigenvalue weighted by molar-refractivity contribution is -0.115. The summed E-state index contributed by atoms with van der Waals surface area (Å²) in [7, 11) is 0. The smallest absolute Gasteiger partial charge is 0.238 e. The van der Waals surface area contributed by atoms with Crippen molar-refractivity contribution in [2.45, 2.75) is 39.2 Å². The van der Waals surface area contributed by atoms with Crippen LogP contribution in [0.1, 0.15) is 47.9 Å². The van der Waals surface area contributed by atoms with Crippen molar-refractivity contribution in [2.75, 3.05) is 11.9 Å². The molecule has 0 unspecified atom stereocenters. The van der Waals surface area contributed by atoms with E-state index in [1.54, 1.807) is 12.1 Å². The fraction of sp³-hybridized carbons (Fsp3) is 0.400. The number of thiophene rings is 1. The van der Waals surface area contributed by atoms with Crippen LogP contribution in [0.25, 0.3) is 0 Å². The molecule has 1 amide bonds. The minimum Gasteiger partial charge on any atom is -0.315 e. The van der Waals surface area contributed by atoms with E-state index in [0.717, 1.165) is 30.4 Å². The third kappa shape index (κ3) is 4.12. The molecular formula is C20H22FN3OS. The predicted molar refractivity (Wildman–Crippen MR) is 102 cm³/mol. The number of rotatable bonds is 5. The van der Waals surface area contributed by atoms with Gasteiger partial charge >= 0.3 is 0 Å². The first-order valence-corrected chi connectivity index (χ1v) is 9.63. The highest BCUT2D eigenvalue weighted by Gasteiger charge is 2.24. The van der Waals surface area contributed by atoms with E-state index in [4.69, 9.17) is 0 Å². The number of hydrogen-bond donors (Lipinski definition) is 2. The molecule has 0 saturated heterocycles. The number of amides is 1. The van der Waals surface area contributed by atoms with Gasteiger partial charge in [0.1, 0.15) is 16.9 Å². The maximum absolute atomic E-state index is 13.0. The second-order valence-electron chi connectivity index (χ2n) is 6.87. The number of anilines is 1. The van der Waals surface area contributed by atoms with E-state index in [9.17, 15) is 14.4 Å². The van der Waals surface area contributed by atoms with Crippen LogP contribution < -0.4 is 10.6 Å². The summed E-state index contributed by atoms with van der Waals surface area (Å²) in [5.41, 5.74) is 2.65. The molecule has 0 spiro atoms. The van der Waals surface area contributed by atoms with Crippen LogP contribution in [0.3, 0.4) is 0 Å².